The van der Waals surface area contributed by atoms with Crippen LogP contribution < -0.4 is 10.3 Å². The van der Waals surface area contributed by atoms with E-state index in [1.807, 2.05) is 0 Å². The van der Waals surface area contributed by atoms with Gasteiger partial charge in [-0.1, -0.05) is 0 Å². The van der Waals surface area contributed by atoms with E-state index in [-0.39, 0.29) is 5.78 Å². The Hall–Kier alpha value is -2.29. The predicted molar refractivity (Wildman–Crippen MR) is 90.7 cm³/mol. The van der Waals surface area contributed by atoms with E-state index in [0.717, 1.165) is 11.7 Å². The van der Waals surface area contributed by atoms with E-state index < -0.39 is 37.3 Å². The molecule has 1 aromatic carbocycles. The van der Waals surface area contributed by atoms with Crippen molar-refractivity contribution < 1.29 is 27.4 Å². The number of methoxy groups -OCH3 is 1. The summed E-state index contributed by atoms with van der Waals surface area (Å²) in [7, 11) is 1.14. The zero-order valence-electron chi connectivity index (χ0n) is 13.7. The number of hydrogen-bond acceptors (Lipinski definition) is 4. The summed E-state index contributed by atoms with van der Waals surface area (Å²) in [5, 5.41) is 0.495. The Bertz CT molecular complexity index is 837. The number of carbonyl (C=O) groups excluding carboxylic acids is 1. The molecule has 0 radical (unpaired) electrons. The zero-order chi connectivity index (χ0) is 19.3. The fraction of sp³-hybridized carbons (Fsp3) is 0.312. The molecular formula is C16H14BClF3NO4. The van der Waals surface area contributed by atoms with Crippen LogP contribution in [0.2, 0.25) is 5.02 Å². The second-order valence-electron chi connectivity index (χ2n) is 5.30. The first-order valence-corrected chi connectivity index (χ1v) is 7.84. The second-order valence-corrected chi connectivity index (χ2v) is 5.74. The minimum absolute atomic E-state index is 0.155. The van der Waals surface area contributed by atoms with Gasteiger partial charge in [-0.15, -0.1) is 0 Å². The summed E-state index contributed by atoms with van der Waals surface area (Å²) in [5.41, 5.74) is 0.442. The third kappa shape index (κ3) is 5.62. The summed E-state index contributed by atoms with van der Waals surface area (Å²) < 4.78 is 47.6. The molecule has 0 unspecified atom stereocenters. The van der Waals surface area contributed by atoms with Crippen molar-refractivity contribution in [1.82, 2.24) is 4.57 Å². The first-order valence-electron chi connectivity index (χ1n) is 7.47. The fourth-order valence-electron chi connectivity index (χ4n) is 2.12. The van der Waals surface area contributed by atoms with E-state index in [4.69, 9.17) is 16.3 Å². The van der Waals surface area contributed by atoms with Crippen molar-refractivity contribution >= 4 is 24.5 Å². The molecule has 0 saturated carbocycles. The van der Waals surface area contributed by atoms with Crippen LogP contribution in [0.25, 0.3) is 11.0 Å². The Balaban J connectivity index is 2.39. The molecule has 26 heavy (non-hydrogen) atoms. The Labute approximate surface area is 152 Å². The molecular weight excluding hydrogens is 373 g/mol. The fourth-order valence-corrected chi connectivity index (χ4v) is 2.25. The number of esters is 1. The van der Waals surface area contributed by atoms with E-state index in [1.165, 1.54) is 13.0 Å². The van der Waals surface area contributed by atoms with Gasteiger partial charge >= 0.3 is 152 Å². The van der Waals surface area contributed by atoms with Gasteiger partial charge in [-0.2, -0.15) is 0 Å². The molecule has 0 aliphatic heterocycles. The van der Waals surface area contributed by atoms with E-state index in [2.05, 4.69) is 4.74 Å². The molecule has 0 aliphatic carbocycles. The van der Waals surface area contributed by atoms with Gasteiger partial charge in [0.15, 0.2) is 0 Å². The number of ether oxygens (including phenoxy) is 2. The third-order valence-corrected chi connectivity index (χ3v) is 3.67. The molecule has 0 N–H and O–H groups in total. The summed E-state index contributed by atoms with van der Waals surface area (Å²) in [6.07, 6.45) is -5.59. The van der Waals surface area contributed by atoms with Gasteiger partial charge in [0.05, 0.1) is 0 Å². The normalized spacial score (nSPS) is 11.1. The number of halogens is 4. The number of carbonyl (C=O) groups is 1. The first-order chi connectivity index (χ1) is 12.2. The van der Waals surface area contributed by atoms with Crippen LogP contribution in [0.3, 0.4) is 0 Å². The molecule has 0 fully saturated rings. The van der Waals surface area contributed by atoms with Gasteiger partial charge in [0, 0.05) is 0 Å². The van der Waals surface area contributed by atoms with Gasteiger partial charge in [0.1, 0.15) is 0 Å². The van der Waals surface area contributed by atoms with Crippen molar-refractivity contribution in [3.63, 3.8) is 0 Å². The SMILES string of the molecule is COC(=O)Cn1c(OCCC(F)(F)F)bc(-c2ccc(Cl)cc2)cc1=O. The van der Waals surface area contributed by atoms with E-state index >= 15 is 0 Å². The molecule has 0 aliphatic rings. The van der Waals surface area contributed by atoms with Gasteiger partial charge < -0.3 is 0 Å². The number of rotatable bonds is 6. The van der Waals surface area contributed by atoms with Crippen LogP contribution in [0.15, 0.2) is 35.1 Å². The molecule has 1 aromatic heterocycles. The molecule has 0 saturated heterocycles. The van der Waals surface area contributed by atoms with Crippen LogP contribution in [0.1, 0.15) is 6.42 Å². The molecule has 2 aromatic rings. The van der Waals surface area contributed by atoms with Crippen LogP contribution in [0.4, 0.5) is 13.2 Å². The van der Waals surface area contributed by atoms with Crippen LogP contribution in [-0.2, 0) is 16.1 Å². The monoisotopic (exact) mass is 387 g/mol. The summed E-state index contributed by atoms with van der Waals surface area (Å²) in [5.74, 6) is -0.885. The molecule has 1 heterocycles. The summed E-state index contributed by atoms with van der Waals surface area (Å²) in [4.78, 5) is 23.8. The van der Waals surface area contributed by atoms with E-state index in [9.17, 15) is 22.8 Å². The molecule has 10 heteroatoms. The van der Waals surface area contributed by atoms with Crippen LogP contribution in [0.5, 0.6) is 5.78 Å². The number of nitrogens with zero attached hydrogens (tertiary/aromatic N) is 1. The summed E-state index contributed by atoms with van der Waals surface area (Å²) >= 11 is 5.82. The number of alkyl halides is 3. The molecule has 2 rings (SSSR count). The number of aromatic nitrogens is 1. The van der Waals surface area contributed by atoms with Crippen molar-refractivity contribution in [1.29, 1.82) is 0 Å². The van der Waals surface area contributed by atoms with E-state index in [1.54, 1.807) is 24.3 Å². The molecule has 0 spiro atoms. The Morgan fingerprint density at radius 3 is 2.50 bits per heavy atom. The van der Waals surface area contributed by atoms with Crippen molar-refractivity contribution in [3.8, 4) is 16.8 Å². The second kappa shape index (κ2) is 8.40. The van der Waals surface area contributed by atoms with Crippen LogP contribution in [-0.4, -0.2) is 37.3 Å². The van der Waals surface area contributed by atoms with Crippen LogP contribution in [0, 0.1) is 0 Å². The van der Waals surface area contributed by atoms with Crippen molar-refractivity contribution in [2.24, 2.45) is 0 Å². The van der Waals surface area contributed by atoms with Gasteiger partial charge in [-0.25, -0.2) is 0 Å². The minimum atomic E-state index is -4.40. The van der Waals surface area contributed by atoms with E-state index in [0.29, 0.717) is 16.0 Å². The Morgan fingerprint density at radius 1 is 1.27 bits per heavy atom. The molecule has 5 nitrogen and oxygen atoms in total. The van der Waals surface area contributed by atoms with Crippen molar-refractivity contribution in [2.45, 2.75) is 19.1 Å². The summed E-state index contributed by atoms with van der Waals surface area (Å²) in [6, 6.07) is 7.79. The topological polar surface area (TPSA) is 57.5 Å². The quantitative estimate of drug-likeness (QED) is 0.715. The van der Waals surface area contributed by atoms with Gasteiger partial charge in [0.2, 0.25) is 0 Å². The maximum atomic E-state index is 12.3. The molecule has 138 valence electrons. The third-order valence-electron chi connectivity index (χ3n) is 3.42. The van der Waals surface area contributed by atoms with Crippen molar-refractivity contribution in [3.05, 3.63) is 45.7 Å². The molecule has 0 bridgehead atoms. The standard InChI is InChI=1S/C16H14BClF3NO4/c1-25-14(24)9-22-13(23)8-12(10-2-4-11(18)5-3-10)17-15(22)26-7-6-16(19,20)21/h2-5,8H,6-7,9H2,1H3. The Kier molecular flexibility index (Phi) is 6.47. The Morgan fingerprint density at radius 2 is 1.92 bits per heavy atom. The zero-order valence-corrected chi connectivity index (χ0v) is 14.4. The molecule has 0 atom stereocenters. The predicted octanol–water partition coefficient (Wildman–Crippen LogP) is 3.01. The van der Waals surface area contributed by atoms with Gasteiger partial charge in [0.25, 0.3) is 0 Å². The number of benzene rings is 1. The average molecular weight is 388 g/mol. The maximum absolute atomic E-state index is 12.3. The van der Waals surface area contributed by atoms with Crippen molar-refractivity contribution in [2.75, 3.05) is 13.7 Å². The number of hydrogen-bond donors (Lipinski definition) is 0. The van der Waals surface area contributed by atoms with Crippen LogP contribution >= 0.6 is 11.6 Å². The summed E-state index contributed by atoms with van der Waals surface area (Å²) in [6.45, 7) is 0.232. The first kappa shape index (κ1) is 20.0. The van der Waals surface area contributed by atoms with Gasteiger partial charge in [-0.3, -0.25) is 0 Å². The average Bonchev–Trinajstić information content (AvgIpc) is 2.56. The molecule has 0 amide bonds. The van der Waals surface area contributed by atoms with Gasteiger partial charge in [-0.05, 0) is 0 Å².